The van der Waals surface area contributed by atoms with E-state index >= 15 is 0 Å². The Kier molecular flexibility index (Phi) is 5.29. The summed E-state index contributed by atoms with van der Waals surface area (Å²) in [5.74, 6) is 1.45. The van der Waals surface area contributed by atoms with Crippen molar-refractivity contribution in [2.45, 2.75) is 45.8 Å². The largest absolute Gasteiger partial charge is 0.497 e. The molecule has 0 fully saturated rings. The van der Waals surface area contributed by atoms with Crippen LogP contribution in [0.15, 0.2) is 18.2 Å². The van der Waals surface area contributed by atoms with E-state index in [0.29, 0.717) is 5.75 Å². The van der Waals surface area contributed by atoms with Crippen LogP contribution in [0.3, 0.4) is 0 Å². The minimum absolute atomic E-state index is 0.143. The Morgan fingerprint density at radius 3 is 2.53 bits per heavy atom. The number of hydrogen-bond acceptors (Lipinski definition) is 3. The maximum Gasteiger partial charge on any atom is 0.129 e. The van der Waals surface area contributed by atoms with Crippen LogP contribution in [-0.4, -0.2) is 18.3 Å². The molecule has 1 unspecified atom stereocenters. The van der Waals surface area contributed by atoms with Crippen LogP contribution in [-0.2, 0) is 0 Å². The predicted octanol–water partition coefficient (Wildman–Crippen LogP) is 3.32. The van der Waals surface area contributed by atoms with Crippen LogP contribution < -0.4 is 9.47 Å². The molecule has 0 amide bonds. The van der Waals surface area contributed by atoms with Gasteiger partial charge in [-0.15, -0.1) is 0 Å². The standard InChI is InChI=1S/C14H22O3/c1-5-6-10(2)17-14-9-12(16-4)7-8-13(14)11(3)15/h7-11,15H,5-6H2,1-4H3/t10?,11-/m1/s1. The average molecular weight is 238 g/mol. The Morgan fingerprint density at radius 1 is 1.29 bits per heavy atom. The highest BCUT2D eigenvalue weighted by Crippen LogP contribution is 2.30. The lowest BCUT2D eigenvalue weighted by Crippen LogP contribution is -2.13. The van der Waals surface area contributed by atoms with Crippen molar-refractivity contribution in [2.75, 3.05) is 7.11 Å². The Balaban J connectivity index is 2.92. The van der Waals surface area contributed by atoms with Crippen LogP contribution in [0.2, 0.25) is 0 Å². The van der Waals surface area contributed by atoms with Crippen molar-refractivity contribution in [3.05, 3.63) is 23.8 Å². The van der Waals surface area contributed by atoms with E-state index in [0.717, 1.165) is 24.2 Å². The van der Waals surface area contributed by atoms with Gasteiger partial charge in [0.05, 0.1) is 19.3 Å². The third kappa shape index (κ3) is 3.93. The van der Waals surface area contributed by atoms with Gasteiger partial charge in [0.25, 0.3) is 0 Å². The summed E-state index contributed by atoms with van der Waals surface area (Å²) in [4.78, 5) is 0. The Morgan fingerprint density at radius 2 is 2.00 bits per heavy atom. The highest BCUT2D eigenvalue weighted by atomic mass is 16.5. The number of aliphatic hydroxyl groups excluding tert-OH is 1. The molecule has 0 aliphatic carbocycles. The van der Waals surface area contributed by atoms with E-state index in [4.69, 9.17) is 9.47 Å². The molecule has 3 heteroatoms. The summed E-state index contributed by atoms with van der Waals surface area (Å²) in [6.07, 6.45) is 1.68. The van der Waals surface area contributed by atoms with Gasteiger partial charge in [0.1, 0.15) is 11.5 Å². The lowest BCUT2D eigenvalue weighted by atomic mass is 10.1. The monoisotopic (exact) mass is 238 g/mol. The molecule has 0 aliphatic rings. The summed E-state index contributed by atoms with van der Waals surface area (Å²) in [5, 5.41) is 9.69. The van der Waals surface area contributed by atoms with Gasteiger partial charge in [0.2, 0.25) is 0 Å². The number of methoxy groups -OCH3 is 1. The van der Waals surface area contributed by atoms with Crippen LogP contribution in [0.4, 0.5) is 0 Å². The highest BCUT2D eigenvalue weighted by Gasteiger charge is 2.13. The third-order valence-corrected chi connectivity index (χ3v) is 2.69. The minimum atomic E-state index is -0.537. The summed E-state index contributed by atoms with van der Waals surface area (Å²) in [6.45, 7) is 5.90. The molecule has 1 aromatic carbocycles. The molecule has 0 spiro atoms. The lowest BCUT2D eigenvalue weighted by molar-refractivity contribution is 0.173. The van der Waals surface area contributed by atoms with Gasteiger partial charge in [-0.05, 0) is 32.4 Å². The molecule has 0 radical (unpaired) electrons. The minimum Gasteiger partial charge on any atom is -0.497 e. The molecule has 1 rings (SSSR count). The fraction of sp³-hybridized carbons (Fsp3) is 0.571. The third-order valence-electron chi connectivity index (χ3n) is 2.69. The Hall–Kier alpha value is -1.22. The van der Waals surface area contributed by atoms with E-state index in [-0.39, 0.29) is 6.10 Å². The average Bonchev–Trinajstić information content (AvgIpc) is 2.28. The SMILES string of the molecule is CCCC(C)Oc1cc(OC)ccc1[C@@H](C)O. The first-order valence-corrected chi connectivity index (χ1v) is 6.11. The van der Waals surface area contributed by atoms with Crippen molar-refractivity contribution < 1.29 is 14.6 Å². The van der Waals surface area contributed by atoms with Gasteiger partial charge in [-0.2, -0.15) is 0 Å². The lowest BCUT2D eigenvalue weighted by Gasteiger charge is -2.19. The fourth-order valence-corrected chi connectivity index (χ4v) is 1.77. The zero-order valence-electron chi connectivity index (χ0n) is 11.1. The van der Waals surface area contributed by atoms with E-state index in [9.17, 15) is 5.11 Å². The summed E-state index contributed by atoms with van der Waals surface area (Å²) < 4.78 is 11.0. The van der Waals surface area contributed by atoms with Crippen molar-refractivity contribution in [1.82, 2.24) is 0 Å². The van der Waals surface area contributed by atoms with Crippen molar-refractivity contribution in [3.63, 3.8) is 0 Å². The van der Waals surface area contributed by atoms with Crippen LogP contribution in [0, 0.1) is 0 Å². The number of rotatable bonds is 6. The zero-order chi connectivity index (χ0) is 12.8. The first kappa shape index (κ1) is 13.8. The van der Waals surface area contributed by atoms with E-state index in [2.05, 4.69) is 6.92 Å². The number of benzene rings is 1. The topological polar surface area (TPSA) is 38.7 Å². The van der Waals surface area contributed by atoms with E-state index in [1.54, 1.807) is 14.0 Å². The maximum absolute atomic E-state index is 9.69. The number of ether oxygens (including phenoxy) is 2. The Labute approximate surface area is 103 Å². The van der Waals surface area contributed by atoms with E-state index < -0.39 is 6.10 Å². The van der Waals surface area contributed by atoms with Crippen LogP contribution in [0.1, 0.15) is 45.3 Å². The molecule has 0 saturated carbocycles. The summed E-state index contributed by atoms with van der Waals surface area (Å²) in [7, 11) is 1.62. The van der Waals surface area contributed by atoms with Gasteiger partial charge in [-0.3, -0.25) is 0 Å². The number of hydrogen-bond donors (Lipinski definition) is 1. The molecule has 0 bridgehead atoms. The van der Waals surface area contributed by atoms with E-state index in [1.165, 1.54) is 0 Å². The van der Waals surface area contributed by atoms with Crippen LogP contribution in [0.5, 0.6) is 11.5 Å². The molecule has 1 aromatic rings. The van der Waals surface area contributed by atoms with Gasteiger partial charge in [-0.1, -0.05) is 13.3 Å². The first-order valence-electron chi connectivity index (χ1n) is 6.11. The van der Waals surface area contributed by atoms with Gasteiger partial charge in [0.15, 0.2) is 0 Å². The second-order valence-corrected chi connectivity index (χ2v) is 4.30. The van der Waals surface area contributed by atoms with Crippen molar-refractivity contribution >= 4 is 0 Å². The van der Waals surface area contributed by atoms with Gasteiger partial charge in [0, 0.05) is 11.6 Å². The summed E-state index contributed by atoms with van der Waals surface area (Å²) in [5.41, 5.74) is 0.800. The molecule has 0 aliphatic heterocycles. The second-order valence-electron chi connectivity index (χ2n) is 4.30. The Bertz CT molecular complexity index is 347. The second kappa shape index (κ2) is 6.50. The summed E-state index contributed by atoms with van der Waals surface area (Å²) >= 11 is 0. The molecule has 0 heterocycles. The van der Waals surface area contributed by atoms with Crippen molar-refractivity contribution in [2.24, 2.45) is 0 Å². The molecule has 3 nitrogen and oxygen atoms in total. The van der Waals surface area contributed by atoms with Gasteiger partial charge in [-0.25, -0.2) is 0 Å². The molecule has 2 atom stereocenters. The molecule has 1 N–H and O–H groups in total. The van der Waals surface area contributed by atoms with E-state index in [1.807, 2.05) is 25.1 Å². The quantitative estimate of drug-likeness (QED) is 0.826. The van der Waals surface area contributed by atoms with Gasteiger partial charge >= 0.3 is 0 Å². The van der Waals surface area contributed by atoms with Crippen molar-refractivity contribution in [1.29, 1.82) is 0 Å². The molecule has 0 saturated heterocycles. The van der Waals surface area contributed by atoms with Crippen LogP contribution in [0.25, 0.3) is 0 Å². The van der Waals surface area contributed by atoms with Gasteiger partial charge < -0.3 is 14.6 Å². The molecule has 0 aromatic heterocycles. The molecular formula is C14H22O3. The maximum atomic E-state index is 9.69. The normalized spacial score (nSPS) is 14.2. The smallest absolute Gasteiger partial charge is 0.129 e. The fourth-order valence-electron chi connectivity index (χ4n) is 1.77. The first-order chi connectivity index (χ1) is 8.08. The van der Waals surface area contributed by atoms with Crippen LogP contribution >= 0.6 is 0 Å². The summed E-state index contributed by atoms with van der Waals surface area (Å²) in [6, 6.07) is 5.51. The molecule has 17 heavy (non-hydrogen) atoms. The molecule has 96 valence electrons. The van der Waals surface area contributed by atoms with Crippen molar-refractivity contribution in [3.8, 4) is 11.5 Å². The predicted molar refractivity (Wildman–Crippen MR) is 68.6 cm³/mol. The zero-order valence-corrected chi connectivity index (χ0v) is 11.1. The number of aliphatic hydroxyl groups is 1. The highest BCUT2D eigenvalue weighted by molar-refractivity contribution is 5.41. The molecular weight excluding hydrogens is 216 g/mol.